The third kappa shape index (κ3) is 2.51. The molecule has 0 aromatic carbocycles. The lowest BCUT2D eigenvalue weighted by Crippen LogP contribution is -2.47. The van der Waals surface area contributed by atoms with Crippen LogP contribution in [0, 0.1) is 5.92 Å². The standard InChI is InChI=1S/C10H19NO2/c1-3-13-10(2,8-12)9-5-4-6-11-7-9/h8-9,11H,3-7H2,1-2H3. The van der Waals surface area contributed by atoms with Gasteiger partial charge in [0.2, 0.25) is 0 Å². The van der Waals surface area contributed by atoms with E-state index in [2.05, 4.69) is 5.32 Å². The summed E-state index contributed by atoms with van der Waals surface area (Å²) < 4.78 is 5.51. The molecule has 1 aliphatic heterocycles. The third-order valence-electron chi connectivity index (χ3n) is 2.80. The Labute approximate surface area is 79.8 Å². The van der Waals surface area contributed by atoms with Crippen molar-refractivity contribution in [2.24, 2.45) is 5.92 Å². The van der Waals surface area contributed by atoms with E-state index in [-0.39, 0.29) is 0 Å². The first-order valence-corrected chi connectivity index (χ1v) is 5.04. The molecule has 2 atom stereocenters. The number of carbonyl (C=O) groups excluding carboxylic acids is 1. The fraction of sp³-hybridized carbons (Fsp3) is 0.900. The van der Waals surface area contributed by atoms with Crippen LogP contribution in [0.5, 0.6) is 0 Å². The SMILES string of the molecule is CCOC(C)(C=O)C1CCCNC1. The molecule has 13 heavy (non-hydrogen) atoms. The number of hydrogen-bond acceptors (Lipinski definition) is 3. The Balaban J connectivity index is 2.56. The fourth-order valence-electron chi connectivity index (χ4n) is 1.90. The van der Waals surface area contributed by atoms with Crippen LogP contribution >= 0.6 is 0 Å². The number of rotatable bonds is 4. The summed E-state index contributed by atoms with van der Waals surface area (Å²) in [6.07, 6.45) is 3.18. The van der Waals surface area contributed by atoms with Crippen molar-refractivity contribution >= 4 is 6.29 Å². The van der Waals surface area contributed by atoms with Gasteiger partial charge in [0.05, 0.1) is 0 Å². The number of ether oxygens (including phenoxy) is 1. The highest BCUT2D eigenvalue weighted by atomic mass is 16.5. The molecular weight excluding hydrogens is 166 g/mol. The molecule has 1 saturated heterocycles. The molecule has 0 bridgehead atoms. The van der Waals surface area contributed by atoms with Crippen molar-refractivity contribution in [2.75, 3.05) is 19.7 Å². The Morgan fingerprint density at radius 1 is 1.69 bits per heavy atom. The number of piperidine rings is 1. The van der Waals surface area contributed by atoms with Gasteiger partial charge in [0.25, 0.3) is 0 Å². The van der Waals surface area contributed by atoms with Crippen LogP contribution in [-0.2, 0) is 9.53 Å². The fourth-order valence-corrected chi connectivity index (χ4v) is 1.90. The molecule has 0 spiro atoms. The van der Waals surface area contributed by atoms with Crippen LogP contribution in [0.1, 0.15) is 26.7 Å². The zero-order valence-electron chi connectivity index (χ0n) is 8.51. The Kier molecular flexibility index (Phi) is 3.88. The molecule has 0 saturated carbocycles. The van der Waals surface area contributed by atoms with Crippen molar-refractivity contribution < 1.29 is 9.53 Å². The first-order chi connectivity index (χ1) is 6.23. The quantitative estimate of drug-likeness (QED) is 0.663. The zero-order chi connectivity index (χ0) is 9.73. The summed E-state index contributed by atoms with van der Waals surface area (Å²) in [5.74, 6) is 0.332. The lowest BCUT2D eigenvalue weighted by atomic mass is 9.84. The number of aldehydes is 1. The summed E-state index contributed by atoms with van der Waals surface area (Å²) in [6, 6.07) is 0. The summed E-state index contributed by atoms with van der Waals surface area (Å²) in [5.41, 5.74) is -0.581. The van der Waals surface area contributed by atoms with E-state index in [1.807, 2.05) is 13.8 Å². The van der Waals surface area contributed by atoms with Gasteiger partial charge in [-0.05, 0) is 33.2 Å². The molecular formula is C10H19NO2. The zero-order valence-corrected chi connectivity index (χ0v) is 8.51. The molecule has 3 heteroatoms. The minimum Gasteiger partial charge on any atom is -0.368 e. The van der Waals surface area contributed by atoms with E-state index in [1.165, 1.54) is 0 Å². The molecule has 0 radical (unpaired) electrons. The summed E-state index contributed by atoms with van der Waals surface area (Å²) in [5, 5.41) is 3.29. The summed E-state index contributed by atoms with van der Waals surface area (Å²) in [7, 11) is 0. The van der Waals surface area contributed by atoms with Crippen LogP contribution in [-0.4, -0.2) is 31.6 Å². The smallest absolute Gasteiger partial charge is 0.151 e. The Morgan fingerprint density at radius 2 is 2.46 bits per heavy atom. The van der Waals surface area contributed by atoms with E-state index in [4.69, 9.17) is 4.74 Å². The highest BCUT2D eigenvalue weighted by Crippen LogP contribution is 2.25. The van der Waals surface area contributed by atoms with Crippen molar-refractivity contribution in [3.05, 3.63) is 0 Å². The van der Waals surface area contributed by atoms with E-state index in [9.17, 15) is 4.79 Å². The molecule has 3 nitrogen and oxygen atoms in total. The largest absolute Gasteiger partial charge is 0.368 e. The van der Waals surface area contributed by atoms with Gasteiger partial charge in [-0.15, -0.1) is 0 Å². The second-order valence-corrected chi connectivity index (χ2v) is 3.78. The van der Waals surface area contributed by atoms with Gasteiger partial charge in [-0.25, -0.2) is 0 Å². The van der Waals surface area contributed by atoms with Gasteiger partial charge in [-0.1, -0.05) is 0 Å². The second-order valence-electron chi connectivity index (χ2n) is 3.78. The van der Waals surface area contributed by atoms with Crippen LogP contribution < -0.4 is 5.32 Å². The molecule has 1 aliphatic rings. The highest BCUT2D eigenvalue weighted by molar-refractivity contribution is 5.62. The number of nitrogens with one attached hydrogen (secondary N) is 1. The third-order valence-corrected chi connectivity index (χ3v) is 2.80. The van der Waals surface area contributed by atoms with E-state index in [0.29, 0.717) is 12.5 Å². The van der Waals surface area contributed by atoms with Crippen LogP contribution in [0.2, 0.25) is 0 Å². The maximum Gasteiger partial charge on any atom is 0.151 e. The lowest BCUT2D eigenvalue weighted by molar-refractivity contribution is -0.137. The van der Waals surface area contributed by atoms with Gasteiger partial charge in [0, 0.05) is 19.1 Å². The maximum atomic E-state index is 11.0. The normalized spacial score (nSPS) is 28.0. The maximum absolute atomic E-state index is 11.0. The van der Waals surface area contributed by atoms with Crippen molar-refractivity contribution in [3.8, 4) is 0 Å². The molecule has 76 valence electrons. The van der Waals surface area contributed by atoms with Gasteiger partial charge < -0.3 is 14.8 Å². The lowest BCUT2D eigenvalue weighted by Gasteiger charge is -2.35. The molecule has 0 aromatic rings. The Hall–Kier alpha value is -0.410. The van der Waals surface area contributed by atoms with Crippen molar-refractivity contribution in [1.82, 2.24) is 5.32 Å². The number of hydrogen-bond donors (Lipinski definition) is 1. The molecule has 0 aromatic heterocycles. The molecule has 1 N–H and O–H groups in total. The van der Waals surface area contributed by atoms with Crippen LogP contribution in [0.25, 0.3) is 0 Å². The summed E-state index contributed by atoms with van der Waals surface area (Å²) in [4.78, 5) is 11.0. The predicted octanol–water partition coefficient (Wildman–Crippen LogP) is 0.980. The first kappa shape index (κ1) is 10.7. The molecule has 1 heterocycles. The van der Waals surface area contributed by atoms with Gasteiger partial charge in [0.15, 0.2) is 6.29 Å². The molecule has 2 unspecified atom stereocenters. The van der Waals surface area contributed by atoms with E-state index >= 15 is 0 Å². The topological polar surface area (TPSA) is 38.3 Å². The van der Waals surface area contributed by atoms with Gasteiger partial charge in [0.1, 0.15) is 5.60 Å². The first-order valence-electron chi connectivity index (χ1n) is 5.04. The molecule has 1 fully saturated rings. The van der Waals surface area contributed by atoms with Crippen LogP contribution in [0.15, 0.2) is 0 Å². The van der Waals surface area contributed by atoms with Gasteiger partial charge in [-0.2, -0.15) is 0 Å². The molecule has 0 amide bonds. The number of carbonyl (C=O) groups is 1. The summed E-state index contributed by atoms with van der Waals surface area (Å²) >= 11 is 0. The minimum atomic E-state index is -0.581. The van der Waals surface area contributed by atoms with Crippen molar-refractivity contribution in [3.63, 3.8) is 0 Å². The van der Waals surface area contributed by atoms with E-state index in [0.717, 1.165) is 32.2 Å². The minimum absolute atomic E-state index is 0.332. The van der Waals surface area contributed by atoms with E-state index < -0.39 is 5.60 Å². The second kappa shape index (κ2) is 4.72. The van der Waals surface area contributed by atoms with Crippen LogP contribution in [0.3, 0.4) is 0 Å². The predicted molar refractivity (Wildman–Crippen MR) is 51.7 cm³/mol. The average molecular weight is 185 g/mol. The molecule has 1 rings (SSSR count). The Bertz CT molecular complexity index is 166. The van der Waals surface area contributed by atoms with Gasteiger partial charge in [-0.3, -0.25) is 0 Å². The highest BCUT2D eigenvalue weighted by Gasteiger charge is 2.35. The van der Waals surface area contributed by atoms with Crippen molar-refractivity contribution in [1.29, 1.82) is 0 Å². The average Bonchev–Trinajstić information content (AvgIpc) is 2.19. The Morgan fingerprint density at radius 3 is 2.92 bits per heavy atom. The monoisotopic (exact) mass is 185 g/mol. The molecule has 0 aliphatic carbocycles. The van der Waals surface area contributed by atoms with Crippen LogP contribution in [0.4, 0.5) is 0 Å². The van der Waals surface area contributed by atoms with Gasteiger partial charge >= 0.3 is 0 Å². The van der Waals surface area contributed by atoms with Crippen molar-refractivity contribution in [2.45, 2.75) is 32.3 Å². The summed E-state index contributed by atoms with van der Waals surface area (Å²) in [6.45, 7) is 6.39. The van der Waals surface area contributed by atoms with E-state index in [1.54, 1.807) is 0 Å².